The molecule has 8 heteroatoms. The average molecular weight is 297 g/mol. The largest absolute Gasteiger partial charge is 0.367 e. The monoisotopic (exact) mass is 296 g/mol. The first kappa shape index (κ1) is 11.5. The number of nitrogens with one attached hydrogen (secondary N) is 1. The molecule has 0 aromatic carbocycles. The number of halogens is 1. The highest BCUT2D eigenvalue weighted by Gasteiger charge is 2.07. The zero-order valence-electron chi connectivity index (χ0n) is 8.67. The fraction of sp³-hybridized carbons (Fsp3) is 0.111. The molecule has 0 atom stereocenters. The van der Waals surface area contributed by atoms with Crippen LogP contribution in [0.25, 0.3) is 0 Å². The number of hydrogen-bond donors (Lipinski definition) is 2. The number of nitrogens with two attached hydrogens (primary N) is 1. The molecule has 0 spiro atoms. The number of rotatable bonds is 3. The second-order valence-electron chi connectivity index (χ2n) is 3.19. The standard InChI is InChI=1S/C9H9BrN6O/c10-8-6(2-1-3-12-8)14-7(17)4-16-5-13-9(11)15-16/h1-3,5H,4H2,(H2,11,15)(H,14,17). The molecule has 0 unspecified atom stereocenters. The molecule has 0 radical (unpaired) electrons. The quantitative estimate of drug-likeness (QED) is 0.811. The Labute approximate surface area is 105 Å². The highest BCUT2D eigenvalue weighted by molar-refractivity contribution is 9.10. The molecule has 0 aliphatic rings. The highest BCUT2D eigenvalue weighted by Crippen LogP contribution is 2.17. The predicted octanol–water partition coefficient (Wildman–Crippen LogP) is 0.656. The van der Waals surface area contributed by atoms with E-state index in [1.807, 2.05) is 0 Å². The van der Waals surface area contributed by atoms with Crippen LogP contribution in [0, 0.1) is 0 Å². The van der Waals surface area contributed by atoms with Gasteiger partial charge in [-0.25, -0.2) is 14.6 Å². The van der Waals surface area contributed by atoms with Gasteiger partial charge in [0.05, 0.1) is 5.69 Å². The van der Waals surface area contributed by atoms with Gasteiger partial charge in [0, 0.05) is 6.20 Å². The minimum absolute atomic E-state index is 0.0472. The van der Waals surface area contributed by atoms with E-state index in [1.165, 1.54) is 11.0 Å². The molecular formula is C9H9BrN6O. The van der Waals surface area contributed by atoms with Gasteiger partial charge >= 0.3 is 0 Å². The van der Waals surface area contributed by atoms with Crippen LogP contribution in [-0.4, -0.2) is 25.7 Å². The zero-order chi connectivity index (χ0) is 12.3. The summed E-state index contributed by atoms with van der Waals surface area (Å²) >= 11 is 3.23. The van der Waals surface area contributed by atoms with Crippen molar-refractivity contribution < 1.29 is 4.79 Å². The van der Waals surface area contributed by atoms with Gasteiger partial charge in [0.25, 0.3) is 0 Å². The minimum Gasteiger partial charge on any atom is -0.367 e. The van der Waals surface area contributed by atoms with E-state index in [9.17, 15) is 4.79 Å². The second kappa shape index (κ2) is 4.91. The summed E-state index contributed by atoms with van der Waals surface area (Å²) in [6, 6.07) is 3.47. The van der Waals surface area contributed by atoms with Crippen molar-refractivity contribution >= 4 is 33.5 Å². The zero-order valence-corrected chi connectivity index (χ0v) is 10.3. The van der Waals surface area contributed by atoms with Gasteiger partial charge in [0.15, 0.2) is 0 Å². The van der Waals surface area contributed by atoms with Gasteiger partial charge in [-0.15, -0.1) is 5.10 Å². The summed E-state index contributed by atoms with van der Waals surface area (Å²) in [5.41, 5.74) is 5.94. The van der Waals surface area contributed by atoms with Crippen molar-refractivity contribution in [2.24, 2.45) is 0 Å². The molecule has 1 amide bonds. The Morgan fingerprint density at radius 1 is 1.53 bits per heavy atom. The van der Waals surface area contributed by atoms with Crippen molar-refractivity contribution in [1.82, 2.24) is 19.7 Å². The van der Waals surface area contributed by atoms with Gasteiger partial charge < -0.3 is 11.1 Å². The molecule has 88 valence electrons. The van der Waals surface area contributed by atoms with Crippen molar-refractivity contribution in [1.29, 1.82) is 0 Å². The van der Waals surface area contributed by atoms with E-state index in [0.717, 1.165) is 0 Å². The van der Waals surface area contributed by atoms with Crippen molar-refractivity contribution in [2.75, 3.05) is 11.1 Å². The van der Waals surface area contributed by atoms with Gasteiger partial charge in [-0.3, -0.25) is 4.79 Å². The van der Waals surface area contributed by atoms with E-state index in [0.29, 0.717) is 10.3 Å². The normalized spacial score (nSPS) is 10.2. The SMILES string of the molecule is Nc1ncn(CC(=O)Nc2cccnc2Br)n1. The lowest BCUT2D eigenvalue weighted by molar-refractivity contribution is -0.116. The second-order valence-corrected chi connectivity index (χ2v) is 3.94. The molecule has 0 bridgehead atoms. The van der Waals surface area contributed by atoms with Crippen LogP contribution in [0.4, 0.5) is 11.6 Å². The molecule has 0 saturated heterocycles. The Kier molecular flexibility index (Phi) is 3.33. The van der Waals surface area contributed by atoms with Crippen LogP contribution in [0.2, 0.25) is 0 Å². The van der Waals surface area contributed by atoms with Crippen LogP contribution in [0.15, 0.2) is 29.3 Å². The third kappa shape index (κ3) is 3.00. The molecule has 17 heavy (non-hydrogen) atoms. The maximum absolute atomic E-state index is 11.7. The maximum atomic E-state index is 11.7. The Morgan fingerprint density at radius 3 is 3.00 bits per heavy atom. The molecule has 2 aromatic rings. The first-order chi connectivity index (χ1) is 8.15. The molecule has 0 fully saturated rings. The third-order valence-corrected chi connectivity index (χ3v) is 2.52. The number of aromatic nitrogens is 4. The summed E-state index contributed by atoms with van der Waals surface area (Å²) in [7, 11) is 0. The fourth-order valence-corrected chi connectivity index (χ4v) is 1.55. The predicted molar refractivity (Wildman–Crippen MR) is 65.0 cm³/mol. The maximum Gasteiger partial charge on any atom is 0.246 e. The Bertz CT molecular complexity index is 540. The number of carbonyl (C=O) groups is 1. The van der Waals surface area contributed by atoms with Gasteiger partial charge in [-0.1, -0.05) is 0 Å². The van der Waals surface area contributed by atoms with Gasteiger partial charge in [0.2, 0.25) is 11.9 Å². The lowest BCUT2D eigenvalue weighted by atomic mass is 10.4. The summed E-state index contributed by atoms with van der Waals surface area (Å²) in [4.78, 5) is 19.4. The first-order valence-corrected chi connectivity index (χ1v) is 5.50. The Morgan fingerprint density at radius 2 is 2.35 bits per heavy atom. The minimum atomic E-state index is -0.233. The third-order valence-electron chi connectivity index (χ3n) is 1.89. The van der Waals surface area contributed by atoms with Gasteiger partial charge in [-0.2, -0.15) is 0 Å². The fourth-order valence-electron chi connectivity index (χ4n) is 1.20. The number of pyridine rings is 1. The molecule has 2 aromatic heterocycles. The van der Waals surface area contributed by atoms with Gasteiger partial charge in [0.1, 0.15) is 17.5 Å². The summed E-state index contributed by atoms with van der Waals surface area (Å²) in [5, 5.41) is 6.50. The van der Waals surface area contributed by atoms with E-state index in [1.54, 1.807) is 18.3 Å². The highest BCUT2D eigenvalue weighted by atomic mass is 79.9. The number of carbonyl (C=O) groups excluding carboxylic acids is 1. The molecule has 0 aliphatic heterocycles. The topological polar surface area (TPSA) is 98.7 Å². The van der Waals surface area contributed by atoms with E-state index >= 15 is 0 Å². The van der Waals surface area contributed by atoms with Crippen molar-refractivity contribution in [2.45, 2.75) is 6.54 Å². The van der Waals surface area contributed by atoms with Crippen molar-refractivity contribution in [3.8, 4) is 0 Å². The average Bonchev–Trinajstić information content (AvgIpc) is 2.67. The molecule has 3 N–H and O–H groups in total. The van der Waals surface area contributed by atoms with E-state index in [-0.39, 0.29) is 18.4 Å². The van der Waals surface area contributed by atoms with Crippen LogP contribution in [0.1, 0.15) is 0 Å². The molecule has 2 heterocycles. The summed E-state index contributed by atoms with van der Waals surface area (Å²) < 4.78 is 1.93. The van der Waals surface area contributed by atoms with E-state index < -0.39 is 0 Å². The molecule has 7 nitrogen and oxygen atoms in total. The van der Waals surface area contributed by atoms with Crippen LogP contribution in [0.5, 0.6) is 0 Å². The van der Waals surface area contributed by atoms with E-state index in [4.69, 9.17) is 5.73 Å². The van der Waals surface area contributed by atoms with Crippen LogP contribution in [0.3, 0.4) is 0 Å². The van der Waals surface area contributed by atoms with Crippen LogP contribution in [-0.2, 0) is 11.3 Å². The number of hydrogen-bond acceptors (Lipinski definition) is 5. The summed E-state index contributed by atoms with van der Waals surface area (Å²) in [5.74, 6) is -0.0936. The summed E-state index contributed by atoms with van der Waals surface area (Å²) in [6.07, 6.45) is 3.02. The molecular weight excluding hydrogens is 288 g/mol. The smallest absolute Gasteiger partial charge is 0.246 e. The first-order valence-electron chi connectivity index (χ1n) is 4.70. The summed E-state index contributed by atoms with van der Waals surface area (Å²) in [6.45, 7) is 0.0472. The van der Waals surface area contributed by atoms with Crippen molar-refractivity contribution in [3.63, 3.8) is 0 Å². The van der Waals surface area contributed by atoms with Crippen LogP contribution >= 0.6 is 15.9 Å². The molecule has 0 aliphatic carbocycles. The van der Waals surface area contributed by atoms with Crippen LogP contribution < -0.4 is 11.1 Å². The molecule has 0 saturated carbocycles. The van der Waals surface area contributed by atoms with Gasteiger partial charge in [-0.05, 0) is 28.1 Å². The number of amides is 1. The van der Waals surface area contributed by atoms with E-state index in [2.05, 4.69) is 36.3 Å². The number of anilines is 2. The Hall–Kier alpha value is -1.96. The van der Waals surface area contributed by atoms with Crippen molar-refractivity contribution in [3.05, 3.63) is 29.3 Å². The number of nitrogen functional groups attached to an aromatic ring is 1. The lowest BCUT2D eigenvalue weighted by Gasteiger charge is -2.05. The number of nitrogens with zero attached hydrogens (tertiary/aromatic N) is 4. The molecule has 2 rings (SSSR count). The Balaban J connectivity index is 2.01. The lowest BCUT2D eigenvalue weighted by Crippen LogP contribution is -2.19.